The maximum Gasteiger partial charge on any atom is 0.295 e. The summed E-state index contributed by atoms with van der Waals surface area (Å²) in [6.07, 6.45) is 0. The van der Waals surface area contributed by atoms with Crippen LogP contribution in [0.2, 0.25) is 0 Å². The van der Waals surface area contributed by atoms with Crippen LogP contribution in [0.5, 0.6) is 0 Å². The zero-order valence-electron chi connectivity index (χ0n) is 10.8. The molecular formula is C15H13NO3S. The molecule has 1 heterocycles. The van der Waals surface area contributed by atoms with E-state index in [9.17, 15) is 13.0 Å². The number of rotatable bonds is 2. The molecule has 0 aliphatic heterocycles. The lowest BCUT2D eigenvalue weighted by molar-refractivity contribution is 0.483. The minimum atomic E-state index is -4.25. The Labute approximate surface area is 117 Å². The molecule has 0 amide bonds. The Morgan fingerprint density at radius 3 is 2.35 bits per heavy atom. The molecule has 2 aromatic carbocycles. The second kappa shape index (κ2) is 4.47. The summed E-state index contributed by atoms with van der Waals surface area (Å²) in [7, 11) is -2.38. The summed E-state index contributed by atoms with van der Waals surface area (Å²) in [5.74, 6) is 0. The summed E-state index contributed by atoms with van der Waals surface area (Å²) in [6, 6.07) is 16.2. The van der Waals surface area contributed by atoms with Crippen molar-refractivity contribution in [2.45, 2.75) is 4.90 Å². The maximum absolute atomic E-state index is 11.5. The van der Waals surface area contributed by atoms with Crippen LogP contribution in [0.3, 0.4) is 0 Å². The van der Waals surface area contributed by atoms with Crippen LogP contribution in [-0.2, 0) is 17.2 Å². The summed E-state index contributed by atoms with van der Waals surface area (Å²) < 4.78 is 34.3. The van der Waals surface area contributed by atoms with Crippen LogP contribution in [0.25, 0.3) is 22.2 Å². The molecule has 3 rings (SSSR count). The van der Waals surface area contributed by atoms with Gasteiger partial charge in [0.1, 0.15) is 4.90 Å². The Hall–Kier alpha value is -2.11. The van der Waals surface area contributed by atoms with Crippen molar-refractivity contribution in [1.29, 1.82) is 0 Å². The van der Waals surface area contributed by atoms with E-state index in [1.165, 1.54) is 6.07 Å². The highest BCUT2D eigenvalue weighted by Gasteiger charge is 2.18. The zero-order valence-corrected chi connectivity index (χ0v) is 11.6. The first-order valence-electron chi connectivity index (χ1n) is 6.10. The molecule has 4 nitrogen and oxygen atoms in total. The van der Waals surface area contributed by atoms with Crippen LogP contribution >= 0.6 is 0 Å². The first-order valence-corrected chi connectivity index (χ1v) is 7.54. The second-order valence-electron chi connectivity index (χ2n) is 4.62. The van der Waals surface area contributed by atoms with Crippen molar-refractivity contribution in [3.63, 3.8) is 0 Å². The molecule has 3 aromatic rings. The minimum Gasteiger partial charge on any atom is -0.344 e. The highest BCUT2D eigenvalue weighted by atomic mass is 32.2. The summed E-state index contributed by atoms with van der Waals surface area (Å²) in [5.41, 5.74) is 2.25. The van der Waals surface area contributed by atoms with E-state index < -0.39 is 10.1 Å². The number of fused-ring (bicyclic) bond motifs is 1. The predicted octanol–water partition coefficient (Wildman–Crippen LogP) is 3.09. The molecule has 0 radical (unpaired) electrons. The summed E-state index contributed by atoms with van der Waals surface area (Å²) in [6.45, 7) is 0. The average Bonchev–Trinajstić information content (AvgIpc) is 2.76. The van der Waals surface area contributed by atoms with Gasteiger partial charge in [-0.25, -0.2) is 0 Å². The Kier molecular flexibility index (Phi) is 2.88. The van der Waals surface area contributed by atoms with Crippen LogP contribution in [0.4, 0.5) is 0 Å². The largest absolute Gasteiger partial charge is 0.344 e. The number of nitrogens with zero attached hydrogens (tertiary/aromatic N) is 1. The topological polar surface area (TPSA) is 59.3 Å². The number of aryl methyl sites for hydroxylation is 1. The third-order valence-corrected chi connectivity index (χ3v) is 4.30. The Balaban J connectivity index is 2.35. The molecule has 102 valence electrons. The van der Waals surface area contributed by atoms with Gasteiger partial charge >= 0.3 is 0 Å². The van der Waals surface area contributed by atoms with Gasteiger partial charge in [-0.15, -0.1) is 0 Å². The van der Waals surface area contributed by atoms with Crippen molar-refractivity contribution in [1.82, 2.24) is 4.57 Å². The molecule has 1 aromatic heterocycles. The summed E-state index contributed by atoms with van der Waals surface area (Å²) in [5, 5.41) is 1.02. The van der Waals surface area contributed by atoms with Crippen LogP contribution in [0.1, 0.15) is 0 Å². The van der Waals surface area contributed by atoms with E-state index in [1.54, 1.807) is 18.2 Å². The molecule has 0 unspecified atom stereocenters. The molecule has 0 aliphatic rings. The lowest BCUT2D eigenvalue weighted by atomic mass is 10.1. The molecule has 0 saturated carbocycles. The van der Waals surface area contributed by atoms with Crippen LogP contribution in [0.15, 0.2) is 59.5 Å². The number of hydrogen-bond donors (Lipinski definition) is 1. The maximum atomic E-state index is 11.5. The fraction of sp³-hybridized carbons (Fsp3) is 0.0667. The highest BCUT2D eigenvalue weighted by molar-refractivity contribution is 7.86. The van der Waals surface area contributed by atoms with Gasteiger partial charge in [0, 0.05) is 23.5 Å². The van der Waals surface area contributed by atoms with Gasteiger partial charge in [0.15, 0.2) is 0 Å². The third kappa shape index (κ3) is 2.01. The van der Waals surface area contributed by atoms with E-state index in [0.29, 0.717) is 5.56 Å². The predicted molar refractivity (Wildman–Crippen MR) is 78.2 cm³/mol. The van der Waals surface area contributed by atoms with E-state index in [-0.39, 0.29) is 4.90 Å². The fourth-order valence-electron chi connectivity index (χ4n) is 2.45. The zero-order chi connectivity index (χ0) is 14.3. The van der Waals surface area contributed by atoms with Crippen LogP contribution in [0, 0.1) is 0 Å². The van der Waals surface area contributed by atoms with Gasteiger partial charge in [-0.2, -0.15) is 8.42 Å². The molecule has 0 bridgehead atoms. The summed E-state index contributed by atoms with van der Waals surface area (Å²) in [4.78, 5) is -0.0779. The van der Waals surface area contributed by atoms with Crippen LogP contribution < -0.4 is 0 Å². The van der Waals surface area contributed by atoms with Gasteiger partial charge in [-0.1, -0.05) is 36.4 Å². The van der Waals surface area contributed by atoms with Gasteiger partial charge in [-0.05, 0) is 18.2 Å². The molecule has 1 N–H and O–H groups in total. The van der Waals surface area contributed by atoms with Crippen molar-refractivity contribution >= 4 is 21.0 Å². The number of aromatic nitrogens is 1. The molecule has 0 aliphatic carbocycles. The number of para-hydroxylation sites is 1. The molecule has 0 saturated heterocycles. The highest BCUT2D eigenvalue weighted by Crippen LogP contribution is 2.31. The van der Waals surface area contributed by atoms with Crippen LogP contribution in [-0.4, -0.2) is 17.5 Å². The van der Waals surface area contributed by atoms with Crippen molar-refractivity contribution in [2.75, 3.05) is 0 Å². The average molecular weight is 287 g/mol. The molecule has 5 heteroatoms. The van der Waals surface area contributed by atoms with Crippen molar-refractivity contribution in [3.05, 3.63) is 54.6 Å². The minimum absolute atomic E-state index is 0.0779. The Morgan fingerprint density at radius 2 is 1.65 bits per heavy atom. The normalized spacial score (nSPS) is 11.9. The van der Waals surface area contributed by atoms with E-state index in [0.717, 1.165) is 16.6 Å². The van der Waals surface area contributed by atoms with Gasteiger partial charge in [-0.3, -0.25) is 4.55 Å². The first-order chi connectivity index (χ1) is 9.48. The smallest absolute Gasteiger partial charge is 0.295 e. The molecule has 0 atom stereocenters. The molecular weight excluding hydrogens is 274 g/mol. The van der Waals surface area contributed by atoms with Gasteiger partial charge < -0.3 is 4.57 Å². The van der Waals surface area contributed by atoms with Crippen molar-refractivity contribution < 1.29 is 13.0 Å². The van der Waals surface area contributed by atoms with Crippen molar-refractivity contribution in [3.8, 4) is 11.3 Å². The van der Waals surface area contributed by atoms with E-state index in [2.05, 4.69) is 0 Å². The van der Waals surface area contributed by atoms with Crippen molar-refractivity contribution in [2.24, 2.45) is 7.05 Å². The first kappa shape index (κ1) is 12.9. The van der Waals surface area contributed by atoms with E-state index in [4.69, 9.17) is 0 Å². The summed E-state index contributed by atoms with van der Waals surface area (Å²) >= 11 is 0. The third-order valence-electron chi connectivity index (χ3n) is 3.39. The monoisotopic (exact) mass is 287 g/mol. The Morgan fingerprint density at radius 1 is 1.00 bits per heavy atom. The number of benzene rings is 2. The second-order valence-corrected chi connectivity index (χ2v) is 6.01. The van der Waals surface area contributed by atoms with E-state index in [1.807, 2.05) is 41.9 Å². The fourth-order valence-corrected chi connectivity index (χ4v) is 3.15. The van der Waals surface area contributed by atoms with E-state index >= 15 is 0 Å². The lowest BCUT2D eigenvalue weighted by Gasteiger charge is -2.08. The standard InChI is InChI=1S/C15H13NO3S/c1-16-13-8-4-2-6-11(13)10-14(16)12-7-3-5-9-15(12)20(17,18)19/h2-10H,1H3,(H,17,18,19). The number of hydrogen-bond acceptors (Lipinski definition) is 2. The quantitative estimate of drug-likeness (QED) is 0.737. The SMILES string of the molecule is Cn1c(-c2ccccc2S(=O)(=O)O)cc2ccccc21. The molecule has 20 heavy (non-hydrogen) atoms. The lowest BCUT2D eigenvalue weighted by Crippen LogP contribution is -2.02. The van der Waals surface area contributed by atoms with Gasteiger partial charge in [0.2, 0.25) is 0 Å². The molecule has 0 fully saturated rings. The van der Waals surface area contributed by atoms with Gasteiger partial charge in [0.05, 0.1) is 5.69 Å². The Bertz CT molecular complexity index is 894. The van der Waals surface area contributed by atoms with Gasteiger partial charge in [0.25, 0.3) is 10.1 Å². The molecule has 0 spiro atoms.